The zero-order valence-electron chi connectivity index (χ0n) is 21.6. The molecule has 0 radical (unpaired) electrons. The molecule has 4 heteroatoms. The van der Waals surface area contributed by atoms with E-state index in [1.165, 1.54) is 0 Å². The predicted molar refractivity (Wildman–Crippen MR) is 158 cm³/mol. The number of rotatable bonds is 3. The monoisotopic (exact) mass is 504 g/mol. The van der Waals surface area contributed by atoms with Gasteiger partial charge in [-0.05, 0) is 66.9 Å². The number of hydrogen-bond acceptors (Lipinski definition) is 4. The van der Waals surface area contributed by atoms with E-state index >= 15 is 0 Å². The highest BCUT2D eigenvalue weighted by molar-refractivity contribution is 6.15. The minimum Gasteiger partial charge on any atom is -0.422 e. The zero-order chi connectivity index (χ0) is 26.5. The molecule has 0 fully saturated rings. The average molecular weight is 505 g/mol. The van der Waals surface area contributed by atoms with E-state index in [1.54, 1.807) is 0 Å². The van der Waals surface area contributed by atoms with E-state index < -0.39 is 5.97 Å². The predicted octanol–water partition coefficient (Wildman–Crippen LogP) is 8.59. The van der Waals surface area contributed by atoms with Crippen LogP contribution in [0.2, 0.25) is 0 Å². The summed E-state index contributed by atoms with van der Waals surface area (Å²) in [4.78, 5) is 23.8. The summed E-state index contributed by atoms with van der Waals surface area (Å²) < 4.78 is 6.34. The molecule has 2 heterocycles. The topological polar surface area (TPSA) is 52.1 Å². The van der Waals surface area contributed by atoms with Crippen LogP contribution in [-0.4, -0.2) is 15.9 Å². The molecule has 0 amide bonds. The summed E-state index contributed by atoms with van der Waals surface area (Å²) in [5, 5.41) is 3.51. The van der Waals surface area contributed by atoms with Crippen molar-refractivity contribution in [3.63, 3.8) is 0 Å². The third-order valence-corrected chi connectivity index (χ3v) is 7.39. The van der Waals surface area contributed by atoms with Gasteiger partial charge < -0.3 is 4.74 Å². The highest BCUT2D eigenvalue weighted by Gasteiger charge is 2.22. The lowest BCUT2D eigenvalue weighted by Gasteiger charge is -2.18. The molecule has 0 aliphatic rings. The van der Waals surface area contributed by atoms with Crippen LogP contribution < -0.4 is 4.74 Å². The minimum absolute atomic E-state index is 0.412. The van der Waals surface area contributed by atoms with Gasteiger partial charge in [-0.1, -0.05) is 72.8 Å². The zero-order valence-corrected chi connectivity index (χ0v) is 21.6. The van der Waals surface area contributed by atoms with Crippen LogP contribution in [0.5, 0.6) is 5.75 Å². The Balaban J connectivity index is 1.49. The summed E-state index contributed by atoms with van der Waals surface area (Å²) in [6, 6.07) is 35.7. The Morgan fingerprint density at radius 1 is 0.564 bits per heavy atom. The van der Waals surface area contributed by atoms with Crippen LogP contribution in [0.25, 0.3) is 54.7 Å². The molecule has 7 aromatic rings. The van der Waals surface area contributed by atoms with Gasteiger partial charge in [0, 0.05) is 27.1 Å². The van der Waals surface area contributed by atoms with E-state index in [2.05, 4.69) is 38.1 Å². The highest BCUT2D eigenvalue weighted by Crippen LogP contribution is 2.41. The number of aromatic nitrogens is 2. The fourth-order valence-corrected chi connectivity index (χ4v) is 5.59. The van der Waals surface area contributed by atoms with Crippen LogP contribution in [0, 0.1) is 13.8 Å². The van der Waals surface area contributed by atoms with Gasteiger partial charge in [0.05, 0.1) is 27.6 Å². The quantitative estimate of drug-likeness (QED) is 0.137. The highest BCUT2D eigenvalue weighted by atomic mass is 16.5. The van der Waals surface area contributed by atoms with Crippen molar-refractivity contribution in [2.45, 2.75) is 13.8 Å². The molecule has 0 unspecified atom stereocenters. The number of nitrogens with zero attached hydrogens (tertiary/aromatic N) is 2. The van der Waals surface area contributed by atoms with Crippen molar-refractivity contribution in [2.75, 3.05) is 0 Å². The molecule has 0 N–H and O–H groups in total. The third kappa shape index (κ3) is 3.80. The summed E-state index contributed by atoms with van der Waals surface area (Å²) in [6.07, 6.45) is 0. The summed E-state index contributed by atoms with van der Waals surface area (Å²) >= 11 is 0. The number of fused-ring (bicyclic) bond motifs is 4. The normalized spacial score (nSPS) is 11.4. The fourth-order valence-electron chi connectivity index (χ4n) is 5.59. The van der Waals surface area contributed by atoms with Gasteiger partial charge in [-0.15, -0.1) is 0 Å². The second-order valence-electron chi connectivity index (χ2n) is 9.86. The first kappa shape index (κ1) is 23.1. The SMILES string of the molecule is Cc1cccc(C)c1-c1c(OC(=O)c2c3ccccc3nc3ccccc23)ccc2nc3ccccc3cc12. The van der Waals surface area contributed by atoms with Gasteiger partial charge in [0.1, 0.15) is 5.75 Å². The number of ether oxygens (including phenoxy) is 1. The molecule has 5 aromatic carbocycles. The molecule has 0 saturated carbocycles. The summed E-state index contributed by atoms with van der Waals surface area (Å²) in [7, 11) is 0. The number of esters is 1. The van der Waals surface area contributed by atoms with E-state index in [9.17, 15) is 4.79 Å². The van der Waals surface area contributed by atoms with E-state index in [0.717, 1.165) is 65.9 Å². The van der Waals surface area contributed by atoms with Crippen molar-refractivity contribution in [1.29, 1.82) is 0 Å². The smallest absolute Gasteiger partial charge is 0.344 e. The number of benzene rings is 5. The first-order chi connectivity index (χ1) is 19.1. The number of pyridine rings is 2. The van der Waals surface area contributed by atoms with Gasteiger partial charge >= 0.3 is 5.97 Å². The molecule has 0 spiro atoms. The second kappa shape index (κ2) is 9.03. The molecular formula is C35H24N2O2. The lowest BCUT2D eigenvalue weighted by molar-refractivity contribution is 0.0740. The maximum absolute atomic E-state index is 14.1. The Kier molecular flexibility index (Phi) is 5.34. The lowest BCUT2D eigenvalue weighted by atomic mass is 9.91. The molecule has 0 atom stereocenters. The van der Waals surface area contributed by atoms with Crippen LogP contribution >= 0.6 is 0 Å². The first-order valence-electron chi connectivity index (χ1n) is 13.0. The molecule has 4 nitrogen and oxygen atoms in total. The molecule has 0 aliphatic carbocycles. The van der Waals surface area contributed by atoms with Crippen LogP contribution in [0.15, 0.2) is 109 Å². The van der Waals surface area contributed by atoms with Crippen molar-refractivity contribution in [2.24, 2.45) is 0 Å². The Hall–Kier alpha value is -5.09. The van der Waals surface area contributed by atoms with Gasteiger partial charge in [0.25, 0.3) is 0 Å². The van der Waals surface area contributed by atoms with Gasteiger partial charge in [-0.2, -0.15) is 0 Å². The number of aryl methyl sites for hydroxylation is 2. The van der Waals surface area contributed by atoms with E-state index in [4.69, 9.17) is 14.7 Å². The Bertz CT molecular complexity index is 2020. The molecule has 0 bridgehead atoms. The maximum Gasteiger partial charge on any atom is 0.344 e. The average Bonchev–Trinajstić information content (AvgIpc) is 2.95. The molecular weight excluding hydrogens is 480 g/mol. The summed E-state index contributed by atoms with van der Waals surface area (Å²) in [5.41, 5.74) is 7.94. The molecule has 39 heavy (non-hydrogen) atoms. The van der Waals surface area contributed by atoms with Crippen LogP contribution in [0.3, 0.4) is 0 Å². The number of hydrogen-bond donors (Lipinski definition) is 0. The Morgan fingerprint density at radius 2 is 1.13 bits per heavy atom. The molecule has 186 valence electrons. The van der Waals surface area contributed by atoms with Crippen molar-refractivity contribution in [3.8, 4) is 16.9 Å². The molecule has 2 aromatic heterocycles. The van der Waals surface area contributed by atoms with Crippen LogP contribution in [-0.2, 0) is 0 Å². The minimum atomic E-state index is -0.412. The van der Waals surface area contributed by atoms with Crippen LogP contribution in [0.4, 0.5) is 0 Å². The number of para-hydroxylation sites is 3. The van der Waals surface area contributed by atoms with Gasteiger partial charge in [-0.25, -0.2) is 14.8 Å². The van der Waals surface area contributed by atoms with Crippen molar-refractivity contribution >= 4 is 49.6 Å². The van der Waals surface area contributed by atoms with E-state index in [0.29, 0.717) is 11.3 Å². The van der Waals surface area contributed by atoms with E-state index in [-0.39, 0.29) is 0 Å². The number of carbonyl (C=O) groups excluding carboxylic acids is 1. The standard InChI is InChI=1S/C35H24N2O2/c1-21-10-9-11-22(2)32(21)34-26-20-23-12-3-6-15-27(23)36-30(26)18-19-31(34)39-35(38)33-24-13-4-7-16-28(24)37-29-17-8-5-14-25(29)33/h3-20H,1-2H3. The summed E-state index contributed by atoms with van der Waals surface area (Å²) in [6.45, 7) is 4.18. The Morgan fingerprint density at radius 3 is 1.82 bits per heavy atom. The molecule has 7 rings (SSSR count). The fraction of sp³-hybridized carbons (Fsp3) is 0.0571. The largest absolute Gasteiger partial charge is 0.422 e. The first-order valence-corrected chi connectivity index (χ1v) is 13.0. The van der Waals surface area contributed by atoms with Gasteiger partial charge in [-0.3, -0.25) is 0 Å². The van der Waals surface area contributed by atoms with Crippen molar-refractivity contribution < 1.29 is 9.53 Å². The van der Waals surface area contributed by atoms with E-state index in [1.807, 2.05) is 84.9 Å². The van der Waals surface area contributed by atoms with Gasteiger partial charge in [0.2, 0.25) is 0 Å². The lowest BCUT2D eigenvalue weighted by Crippen LogP contribution is -2.11. The second-order valence-corrected chi connectivity index (χ2v) is 9.86. The summed E-state index contributed by atoms with van der Waals surface area (Å²) in [5.74, 6) is 0.0948. The maximum atomic E-state index is 14.1. The third-order valence-electron chi connectivity index (χ3n) is 7.39. The number of carbonyl (C=O) groups is 1. The molecule has 0 aliphatic heterocycles. The van der Waals surface area contributed by atoms with Crippen molar-refractivity contribution in [1.82, 2.24) is 9.97 Å². The molecule has 0 saturated heterocycles. The van der Waals surface area contributed by atoms with Gasteiger partial charge in [0.15, 0.2) is 0 Å². The Labute approximate surface area is 225 Å². The van der Waals surface area contributed by atoms with Crippen molar-refractivity contribution in [3.05, 3.63) is 126 Å². The van der Waals surface area contributed by atoms with Crippen LogP contribution in [0.1, 0.15) is 21.5 Å².